The Balaban J connectivity index is 1.67. The van der Waals surface area contributed by atoms with Crippen LogP contribution in [0.1, 0.15) is 69.7 Å². The molecule has 0 aliphatic heterocycles. The lowest BCUT2D eigenvalue weighted by molar-refractivity contribution is 0.326. The molecule has 0 bridgehead atoms. The van der Waals surface area contributed by atoms with Gasteiger partial charge in [-0.1, -0.05) is 81.1 Å². The molecule has 3 aromatic rings. The van der Waals surface area contributed by atoms with Crippen molar-refractivity contribution in [3.63, 3.8) is 0 Å². The molecule has 4 rings (SSSR count). The van der Waals surface area contributed by atoms with Gasteiger partial charge in [0.05, 0.1) is 16.6 Å². The summed E-state index contributed by atoms with van der Waals surface area (Å²) < 4.78 is 4.80. The minimum Gasteiger partial charge on any atom is -0.325 e. The summed E-state index contributed by atoms with van der Waals surface area (Å²) in [4.78, 5) is 31.5. The molecule has 33 heavy (non-hydrogen) atoms. The van der Waals surface area contributed by atoms with Gasteiger partial charge in [0.2, 0.25) is 0 Å². The summed E-state index contributed by atoms with van der Waals surface area (Å²) >= 11 is 12.2. The SMILES string of the molecule is CCc1nc2c(c(=O)n(Cc3ccc(Cl)c(Cl)c3)c(=O)n2CCCCC2CCCCC2)n1C. The van der Waals surface area contributed by atoms with Crippen LogP contribution in [0.5, 0.6) is 0 Å². The van der Waals surface area contributed by atoms with Gasteiger partial charge in [-0.05, 0) is 30.0 Å². The molecule has 0 unspecified atom stereocenters. The van der Waals surface area contributed by atoms with Crippen LogP contribution in [-0.4, -0.2) is 18.7 Å². The Morgan fingerprint density at radius 2 is 1.79 bits per heavy atom. The molecule has 0 atom stereocenters. The predicted molar refractivity (Wildman–Crippen MR) is 135 cm³/mol. The molecule has 0 radical (unpaired) electrons. The number of benzene rings is 1. The zero-order valence-corrected chi connectivity index (χ0v) is 21.0. The normalized spacial score (nSPS) is 14.9. The standard InChI is InChI=1S/C25H32Cl2N4O2/c1-3-21-28-23-22(29(21)2)24(32)31(16-18-12-13-19(26)20(27)15-18)25(33)30(23)14-8-7-11-17-9-5-4-6-10-17/h12-13,15,17H,3-11,14,16H2,1-2H3. The van der Waals surface area contributed by atoms with Crippen LogP contribution in [-0.2, 0) is 26.6 Å². The van der Waals surface area contributed by atoms with E-state index in [9.17, 15) is 9.59 Å². The first-order valence-electron chi connectivity index (χ1n) is 12.0. The van der Waals surface area contributed by atoms with Crippen LogP contribution in [0.25, 0.3) is 11.2 Å². The minimum absolute atomic E-state index is 0.138. The third-order valence-corrected chi connectivity index (χ3v) is 7.68. The number of aromatic nitrogens is 4. The van der Waals surface area contributed by atoms with Gasteiger partial charge >= 0.3 is 5.69 Å². The third-order valence-electron chi connectivity index (χ3n) is 6.94. The Bertz CT molecular complexity index is 1250. The van der Waals surface area contributed by atoms with Crippen molar-refractivity contribution < 1.29 is 0 Å². The van der Waals surface area contributed by atoms with Crippen LogP contribution < -0.4 is 11.2 Å². The van der Waals surface area contributed by atoms with Crippen molar-refractivity contribution in [3.8, 4) is 0 Å². The van der Waals surface area contributed by atoms with Crippen LogP contribution in [0.3, 0.4) is 0 Å². The van der Waals surface area contributed by atoms with Crippen molar-refractivity contribution >= 4 is 34.4 Å². The number of hydrogen-bond acceptors (Lipinski definition) is 3. The van der Waals surface area contributed by atoms with E-state index in [0.717, 1.165) is 30.1 Å². The lowest BCUT2D eigenvalue weighted by atomic mass is 9.86. The average Bonchev–Trinajstić information content (AvgIpc) is 3.15. The van der Waals surface area contributed by atoms with E-state index in [0.29, 0.717) is 34.2 Å². The summed E-state index contributed by atoms with van der Waals surface area (Å²) in [6, 6.07) is 5.18. The van der Waals surface area contributed by atoms with E-state index in [1.165, 1.54) is 43.1 Å². The lowest BCUT2D eigenvalue weighted by Crippen LogP contribution is -2.41. The summed E-state index contributed by atoms with van der Waals surface area (Å²) in [5.41, 5.74) is 1.07. The monoisotopic (exact) mass is 490 g/mol. The summed E-state index contributed by atoms with van der Waals surface area (Å²) in [6.45, 7) is 2.70. The average molecular weight is 491 g/mol. The second-order valence-corrected chi connectivity index (χ2v) is 10.0. The number of aryl methyl sites for hydroxylation is 3. The van der Waals surface area contributed by atoms with Gasteiger partial charge in [-0.25, -0.2) is 9.78 Å². The van der Waals surface area contributed by atoms with Crippen molar-refractivity contribution in [3.05, 3.63) is 60.5 Å². The van der Waals surface area contributed by atoms with Gasteiger partial charge in [-0.2, -0.15) is 0 Å². The van der Waals surface area contributed by atoms with Gasteiger partial charge < -0.3 is 4.57 Å². The van der Waals surface area contributed by atoms with Gasteiger partial charge in [0.1, 0.15) is 5.82 Å². The third kappa shape index (κ3) is 5.07. The Labute approximate surface area is 204 Å². The molecular formula is C25H32Cl2N4O2. The van der Waals surface area contributed by atoms with E-state index in [4.69, 9.17) is 23.2 Å². The highest BCUT2D eigenvalue weighted by Gasteiger charge is 2.20. The summed E-state index contributed by atoms with van der Waals surface area (Å²) in [5.74, 6) is 1.62. The fourth-order valence-corrected chi connectivity index (χ4v) is 5.38. The van der Waals surface area contributed by atoms with E-state index in [2.05, 4.69) is 4.98 Å². The van der Waals surface area contributed by atoms with Gasteiger partial charge in [0, 0.05) is 20.0 Å². The highest BCUT2D eigenvalue weighted by molar-refractivity contribution is 6.42. The number of hydrogen-bond donors (Lipinski definition) is 0. The smallest absolute Gasteiger partial charge is 0.325 e. The molecule has 1 saturated carbocycles. The first-order valence-corrected chi connectivity index (χ1v) is 12.8. The van der Waals surface area contributed by atoms with Crippen LogP contribution >= 0.6 is 23.2 Å². The van der Waals surface area contributed by atoms with Gasteiger partial charge in [-0.15, -0.1) is 0 Å². The molecule has 1 aliphatic carbocycles. The molecule has 1 aliphatic rings. The maximum absolute atomic E-state index is 13.5. The van der Waals surface area contributed by atoms with E-state index in [1.54, 1.807) is 22.8 Å². The zero-order valence-electron chi connectivity index (χ0n) is 19.4. The zero-order chi connectivity index (χ0) is 23.5. The largest absolute Gasteiger partial charge is 0.333 e. The number of unbranched alkanes of at least 4 members (excludes halogenated alkanes) is 1. The van der Waals surface area contributed by atoms with Crippen molar-refractivity contribution in [2.45, 2.75) is 77.8 Å². The number of fused-ring (bicyclic) bond motifs is 1. The Morgan fingerprint density at radius 1 is 1.03 bits per heavy atom. The molecule has 0 N–H and O–H groups in total. The maximum Gasteiger partial charge on any atom is 0.333 e. The van der Waals surface area contributed by atoms with E-state index >= 15 is 0 Å². The fraction of sp³-hybridized carbons (Fsp3) is 0.560. The molecular weight excluding hydrogens is 459 g/mol. The van der Waals surface area contributed by atoms with Crippen molar-refractivity contribution in [2.24, 2.45) is 13.0 Å². The number of imidazole rings is 1. The molecule has 6 nitrogen and oxygen atoms in total. The fourth-order valence-electron chi connectivity index (χ4n) is 5.06. The molecule has 0 spiro atoms. The van der Waals surface area contributed by atoms with Gasteiger partial charge in [0.25, 0.3) is 5.56 Å². The van der Waals surface area contributed by atoms with E-state index < -0.39 is 0 Å². The quantitative estimate of drug-likeness (QED) is 0.388. The van der Waals surface area contributed by atoms with Crippen LogP contribution in [0.4, 0.5) is 0 Å². The van der Waals surface area contributed by atoms with Gasteiger partial charge in [-0.3, -0.25) is 13.9 Å². The highest BCUT2D eigenvalue weighted by Crippen LogP contribution is 2.28. The van der Waals surface area contributed by atoms with Crippen LogP contribution in [0.15, 0.2) is 27.8 Å². The molecule has 2 aromatic heterocycles. The molecule has 0 saturated heterocycles. The number of halogens is 2. The van der Waals surface area contributed by atoms with Crippen molar-refractivity contribution in [2.75, 3.05) is 0 Å². The molecule has 2 heterocycles. The molecule has 0 amide bonds. The van der Waals surface area contributed by atoms with E-state index in [1.807, 2.05) is 18.5 Å². The molecule has 178 valence electrons. The summed E-state index contributed by atoms with van der Waals surface area (Å²) in [5, 5.41) is 0.845. The topological polar surface area (TPSA) is 61.8 Å². The molecule has 1 fully saturated rings. The number of rotatable bonds is 8. The van der Waals surface area contributed by atoms with E-state index in [-0.39, 0.29) is 17.8 Å². The maximum atomic E-state index is 13.5. The van der Waals surface area contributed by atoms with Crippen molar-refractivity contribution in [1.82, 2.24) is 18.7 Å². The van der Waals surface area contributed by atoms with Crippen LogP contribution in [0.2, 0.25) is 10.0 Å². The summed E-state index contributed by atoms with van der Waals surface area (Å²) in [6.07, 6.45) is 10.6. The highest BCUT2D eigenvalue weighted by atomic mass is 35.5. The molecule has 8 heteroatoms. The lowest BCUT2D eigenvalue weighted by Gasteiger charge is -2.21. The Kier molecular flexibility index (Phi) is 7.65. The predicted octanol–water partition coefficient (Wildman–Crippen LogP) is 5.56. The first-order chi connectivity index (χ1) is 15.9. The van der Waals surface area contributed by atoms with Gasteiger partial charge in [0.15, 0.2) is 11.2 Å². The first kappa shape index (κ1) is 24.1. The van der Waals surface area contributed by atoms with Crippen LogP contribution in [0, 0.1) is 5.92 Å². The van der Waals surface area contributed by atoms with Crippen molar-refractivity contribution in [1.29, 1.82) is 0 Å². The second-order valence-electron chi connectivity index (χ2n) is 9.19. The minimum atomic E-state index is -0.325. The number of nitrogens with zero attached hydrogens (tertiary/aromatic N) is 4. The summed E-state index contributed by atoms with van der Waals surface area (Å²) in [7, 11) is 1.84. The Hall–Kier alpha value is -2.05. The Morgan fingerprint density at radius 3 is 2.48 bits per heavy atom. The second kappa shape index (κ2) is 10.5. The molecule has 1 aromatic carbocycles.